The number of carbonyl (C=O) groups excluding carboxylic acids is 1. The Bertz CT molecular complexity index is 649. The van der Waals surface area contributed by atoms with Crippen LogP contribution in [0, 0.1) is 0 Å². The Morgan fingerprint density at radius 2 is 1.25 bits per heavy atom. The third-order valence-electron chi connectivity index (χ3n) is 3.92. The van der Waals surface area contributed by atoms with Crippen LogP contribution in [0.3, 0.4) is 0 Å². The van der Waals surface area contributed by atoms with Crippen molar-refractivity contribution in [3.63, 3.8) is 0 Å². The molecule has 0 saturated carbocycles. The molecule has 2 N–H and O–H groups in total. The molecule has 2 aromatic rings. The smallest absolute Gasteiger partial charge is 0.133 e. The molecule has 0 saturated heterocycles. The van der Waals surface area contributed by atoms with Crippen molar-refractivity contribution >= 4 is 5.78 Å². The predicted molar refractivity (Wildman–Crippen MR) is 91.0 cm³/mol. The molecule has 0 spiro atoms. The van der Waals surface area contributed by atoms with E-state index in [-0.39, 0.29) is 17.3 Å². The van der Waals surface area contributed by atoms with Crippen LogP contribution in [0.15, 0.2) is 36.4 Å². The number of carbonyl (C=O) groups is 1. The summed E-state index contributed by atoms with van der Waals surface area (Å²) in [4.78, 5) is 12.1. The molecule has 0 unspecified atom stereocenters. The van der Waals surface area contributed by atoms with Crippen molar-refractivity contribution in [1.29, 1.82) is 0 Å². The van der Waals surface area contributed by atoms with Crippen molar-refractivity contribution in [2.75, 3.05) is 14.2 Å². The maximum Gasteiger partial charge on any atom is 0.133 e. The molecule has 5 heteroatoms. The zero-order chi connectivity index (χ0) is 17.5. The monoisotopic (exact) mass is 330 g/mol. The van der Waals surface area contributed by atoms with Crippen LogP contribution in [0.4, 0.5) is 0 Å². The number of hydrogen-bond donors (Lipinski definition) is 2. The fourth-order valence-corrected chi connectivity index (χ4v) is 2.45. The first-order valence-corrected chi connectivity index (χ1v) is 7.77. The van der Waals surface area contributed by atoms with Gasteiger partial charge in [0.2, 0.25) is 0 Å². The molecule has 0 aliphatic heterocycles. The summed E-state index contributed by atoms with van der Waals surface area (Å²) in [6.45, 7) is 0. The first kappa shape index (κ1) is 17.7. The standard InChI is InChI=1S/C19H22O5/c1-23-16-7-9-18(21)13(11-16)3-5-15(20)6-4-14-12-17(24-2)8-10-19(14)22/h7-12,21-22H,3-6H2,1-2H3. The van der Waals surface area contributed by atoms with Crippen molar-refractivity contribution in [2.45, 2.75) is 25.7 Å². The van der Waals surface area contributed by atoms with Crippen molar-refractivity contribution < 1.29 is 24.5 Å². The Balaban J connectivity index is 1.90. The zero-order valence-corrected chi connectivity index (χ0v) is 13.9. The fourth-order valence-electron chi connectivity index (χ4n) is 2.45. The van der Waals surface area contributed by atoms with Crippen molar-refractivity contribution in [3.05, 3.63) is 47.5 Å². The van der Waals surface area contributed by atoms with Gasteiger partial charge in [0.1, 0.15) is 28.8 Å². The van der Waals surface area contributed by atoms with Gasteiger partial charge < -0.3 is 19.7 Å². The number of phenols is 2. The topological polar surface area (TPSA) is 76.0 Å². The van der Waals surface area contributed by atoms with Crippen LogP contribution in [0.1, 0.15) is 24.0 Å². The zero-order valence-electron chi connectivity index (χ0n) is 13.9. The Labute approximate surface area is 141 Å². The molecule has 0 heterocycles. The van der Waals surface area contributed by atoms with E-state index in [1.54, 1.807) is 50.6 Å². The highest BCUT2D eigenvalue weighted by molar-refractivity contribution is 5.79. The molecule has 0 bridgehead atoms. The molecule has 0 aliphatic carbocycles. The van der Waals surface area contributed by atoms with Gasteiger partial charge in [0, 0.05) is 12.8 Å². The van der Waals surface area contributed by atoms with E-state index < -0.39 is 0 Å². The average molecular weight is 330 g/mol. The number of benzene rings is 2. The molecular weight excluding hydrogens is 308 g/mol. The van der Waals surface area contributed by atoms with Gasteiger partial charge in [-0.05, 0) is 60.4 Å². The van der Waals surface area contributed by atoms with Crippen LogP contribution in [0.25, 0.3) is 0 Å². The Kier molecular flexibility index (Phi) is 6.07. The van der Waals surface area contributed by atoms with E-state index in [0.29, 0.717) is 48.3 Å². The van der Waals surface area contributed by atoms with E-state index in [2.05, 4.69) is 0 Å². The minimum atomic E-state index is 0.0689. The Hall–Kier alpha value is -2.69. The normalized spacial score (nSPS) is 10.4. The number of rotatable bonds is 8. The van der Waals surface area contributed by atoms with Gasteiger partial charge in [0.25, 0.3) is 0 Å². The Morgan fingerprint density at radius 3 is 1.62 bits per heavy atom. The number of aromatic hydroxyl groups is 2. The number of phenolic OH excluding ortho intramolecular Hbond substituents is 2. The molecule has 5 nitrogen and oxygen atoms in total. The second-order valence-electron chi connectivity index (χ2n) is 5.53. The number of Topliss-reactive ketones (excluding diaryl/α,β-unsaturated/α-hetero) is 1. The SMILES string of the molecule is COc1ccc(O)c(CCC(=O)CCc2cc(OC)ccc2O)c1. The summed E-state index contributed by atoms with van der Waals surface area (Å²) in [5.74, 6) is 1.69. The van der Waals surface area contributed by atoms with E-state index >= 15 is 0 Å². The number of methoxy groups -OCH3 is 2. The maximum absolute atomic E-state index is 12.1. The van der Waals surface area contributed by atoms with E-state index in [4.69, 9.17) is 9.47 Å². The van der Waals surface area contributed by atoms with Crippen molar-refractivity contribution in [1.82, 2.24) is 0 Å². The van der Waals surface area contributed by atoms with Gasteiger partial charge in [-0.25, -0.2) is 0 Å². The van der Waals surface area contributed by atoms with Gasteiger partial charge in [-0.2, -0.15) is 0 Å². The van der Waals surface area contributed by atoms with Crippen LogP contribution < -0.4 is 9.47 Å². The molecule has 0 amide bonds. The van der Waals surface area contributed by atoms with E-state index in [0.717, 1.165) is 0 Å². The van der Waals surface area contributed by atoms with Crippen LogP contribution in [0.5, 0.6) is 23.0 Å². The molecule has 0 fully saturated rings. The van der Waals surface area contributed by atoms with Crippen LogP contribution in [0.2, 0.25) is 0 Å². The number of ketones is 1. The van der Waals surface area contributed by atoms with Crippen LogP contribution >= 0.6 is 0 Å². The summed E-state index contributed by atoms with van der Waals surface area (Å²) in [6.07, 6.45) is 1.55. The van der Waals surface area contributed by atoms with E-state index in [1.165, 1.54) is 0 Å². The van der Waals surface area contributed by atoms with Crippen LogP contribution in [-0.2, 0) is 17.6 Å². The molecule has 24 heavy (non-hydrogen) atoms. The molecule has 0 aromatic heterocycles. The summed E-state index contributed by atoms with van der Waals surface area (Å²) < 4.78 is 10.2. The van der Waals surface area contributed by atoms with Crippen LogP contribution in [-0.4, -0.2) is 30.2 Å². The van der Waals surface area contributed by atoms with Crippen molar-refractivity contribution in [3.8, 4) is 23.0 Å². The van der Waals surface area contributed by atoms with Gasteiger partial charge in [-0.1, -0.05) is 0 Å². The molecular formula is C19H22O5. The highest BCUT2D eigenvalue weighted by Crippen LogP contribution is 2.26. The quantitative estimate of drug-likeness (QED) is 0.777. The first-order valence-electron chi connectivity index (χ1n) is 7.77. The second-order valence-corrected chi connectivity index (χ2v) is 5.53. The lowest BCUT2D eigenvalue weighted by Crippen LogP contribution is -2.03. The molecule has 128 valence electrons. The largest absolute Gasteiger partial charge is 0.508 e. The van der Waals surface area contributed by atoms with Gasteiger partial charge in [0.05, 0.1) is 14.2 Å². The predicted octanol–water partition coefficient (Wildman–Crippen LogP) is 3.25. The highest BCUT2D eigenvalue weighted by atomic mass is 16.5. The summed E-state index contributed by atoms with van der Waals surface area (Å²) in [7, 11) is 3.11. The summed E-state index contributed by atoms with van der Waals surface area (Å²) in [6, 6.07) is 9.94. The fraction of sp³-hybridized carbons (Fsp3) is 0.316. The minimum absolute atomic E-state index is 0.0689. The molecule has 0 atom stereocenters. The molecule has 0 aliphatic rings. The lowest BCUT2D eigenvalue weighted by atomic mass is 10.0. The summed E-state index contributed by atoms with van der Waals surface area (Å²) >= 11 is 0. The number of hydrogen-bond acceptors (Lipinski definition) is 5. The third kappa shape index (κ3) is 4.65. The molecule has 2 aromatic carbocycles. The summed E-state index contributed by atoms with van der Waals surface area (Å²) in [5, 5.41) is 19.7. The maximum atomic E-state index is 12.1. The summed E-state index contributed by atoms with van der Waals surface area (Å²) in [5.41, 5.74) is 1.37. The number of aryl methyl sites for hydroxylation is 2. The first-order chi connectivity index (χ1) is 11.5. The minimum Gasteiger partial charge on any atom is -0.508 e. The van der Waals surface area contributed by atoms with E-state index in [9.17, 15) is 15.0 Å². The van der Waals surface area contributed by atoms with Crippen molar-refractivity contribution in [2.24, 2.45) is 0 Å². The second kappa shape index (κ2) is 8.24. The number of ether oxygens (including phenoxy) is 2. The van der Waals surface area contributed by atoms with E-state index in [1.807, 2.05) is 0 Å². The van der Waals surface area contributed by atoms with Gasteiger partial charge in [0.15, 0.2) is 0 Å². The molecule has 2 rings (SSSR count). The lowest BCUT2D eigenvalue weighted by Gasteiger charge is -2.08. The molecule has 0 radical (unpaired) electrons. The lowest BCUT2D eigenvalue weighted by molar-refractivity contribution is -0.119. The third-order valence-corrected chi connectivity index (χ3v) is 3.92. The van der Waals surface area contributed by atoms with Gasteiger partial charge in [-0.3, -0.25) is 4.79 Å². The van der Waals surface area contributed by atoms with Gasteiger partial charge >= 0.3 is 0 Å². The van der Waals surface area contributed by atoms with Gasteiger partial charge in [-0.15, -0.1) is 0 Å². The average Bonchev–Trinajstić information content (AvgIpc) is 2.60. The Morgan fingerprint density at radius 1 is 0.833 bits per heavy atom. The highest BCUT2D eigenvalue weighted by Gasteiger charge is 2.10.